The van der Waals surface area contributed by atoms with E-state index in [4.69, 9.17) is 4.74 Å². The molecule has 2 rings (SSSR count). The fourth-order valence-corrected chi connectivity index (χ4v) is 1.78. The van der Waals surface area contributed by atoms with Gasteiger partial charge in [-0.2, -0.15) is 5.10 Å². The standard InChI is InChI=1S/C15H15N3O2/c1-11-5-3-7-13(14(11)20-2)15(19)18-17-10-12-6-4-8-16-9-12/h3-10H,1-2H3,(H,18,19)/b17-10-. The third-order valence-corrected chi connectivity index (χ3v) is 2.72. The molecule has 0 unspecified atom stereocenters. The Balaban J connectivity index is 2.10. The van der Waals surface area contributed by atoms with E-state index in [1.54, 1.807) is 30.6 Å². The normalized spacial score (nSPS) is 10.5. The van der Waals surface area contributed by atoms with Crippen LogP contribution in [0, 0.1) is 6.92 Å². The van der Waals surface area contributed by atoms with Crippen LogP contribution in [0.5, 0.6) is 5.75 Å². The topological polar surface area (TPSA) is 63.6 Å². The molecule has 0 aliphatic carbocycles. The lowest BCUT2D eigenvalue weighted by Gasteiger charge is -2.09. The number of aromatic nitrogens is 1. The SMILES string of the molecule is COc1c(C)cccc1C(=O)N/N=C\c1cccnc1. The van der Waals surface area contributed by atoms with Gasteiger partial charge in [-0.1, -0.05) is 18.2 Å². The fourth-order valence-electron chi connectivity index (χ4n) is 1.78. The van der Waals surface area contributed by atoms with Gasteiger partial charge in [0.15, 0.2) is 0 Å². The third kappa shape index (κ3) is 3.20. The summed E-state index contributed by atoms with van der Waals surface area (Å²) in [6.07, 6.45) is 4.86. The van der Waals surface area contributed by atoms with E-state index >= 15 is 0 Å². The average molecular weight is 269 g/mol. The number of pyridine rings is 1. The summed E-state index contributed by atoms with van der Waals surface area (Å²) in [5, 5.41) is 3.90. The van der Waals surface area contributed by atoms with E-state index < -0.39 is 0 Å². The van der Waals surface area contributed by atoms with Crippen LogP contribution in [0.25, 0.3) is 0 Å². The number of para-hydroxylation sites is 1. The number of rotatable bonds is 4. The summed E-state index contributed by atoms with van der Waals surface area (Å²) in [6.45, 7) is 1.88. The van der Waals surface area contributed by atoms with Gasteiger partial charge in [0.1, 0.15) is 5.75 Å². The van der Waals surface area contributed by atoms with Crippen LogP contribution in [0.3, 0.4) is 0 Å². The molecule has 0 saturated heterocycles. The molecule has 1 aromatic carbocycles. The summed E-state index contributed by atoms with van der Waals surface area (Å²) in [6, 6.07) is 9.02. The predicted molar refractivity (Wildman–Crippen MR) is 77.0 cm³/mol. The molecule has 0 saturated carbocycles. The molecule has 0 aliphatic rings. The summed E-state index contributed by atoms with van der Waals surface area (Å²) in [7, 11) is 1.54. The molecule has 0 bridgehead atoms. The zero-order chi connectivity index (χ0) is 14.4. The minimum absolute atomic E-state index is 0.314. The van der Waals surface area contributed by atoms with Gasteiger partial charge in [-0.15, -0.1) is 0 Å². The highest BCUT2D eigenvalue weighted by Crippen LogP contribution is 2.22. The molecule has 0 aliphatic heterocycles. The lowest BCUT2D eigenvalue weighted by atomic mass is 10.1. The maximum Gasteiger partial charge on any atom is 0.275 e. The number of carbonyl (C=O) groups excluding carboxylic acids is 1. The van der Waals surface area contributed by atoms with Crippen molar-refractivity contribution in [3.63, 3.8) is 0 Å². The lowest BCUT2D eigenvalue weighted by molar-refractivity contribution is 0.0952. The van der Waals surface area contributed by atoms with E-state index in [2.05, 4.69) is 15.5 Å². The Morgan fingerprint density at radius 3 is 2.90 bits per heavy atom. The molecule has 1 amide bonds. The van der Waals surface area contributed by atoms with Gasteiger partial charge >= 0.3 is 0 Å². The van der Waals surface area contributed by atoms with Crippen molar-refractivity contribution in [1.82, 2.24) is 10.4 Å². The van der Waals surface area contributed by atoms with Crippen LogP contribution in [-0.2, 0) is 0 Å². The number of methoxy groups -OCH3 is 1. The number of carbonyl (C=O) groups is 1. The second kappa shape index (κ2) is 6.47. The second-order valence-corrected chi connectivity index (χ2v) is 4.14. The first kappa shape index (κ1) is 13.7. The summed E-state index contributed by atoms with van der Waals surface area (Å²) in [4.78, 5) is 16.0. The molecule has 102 valence electrons. The second-order valence-electron chi connectivity index (χ2n) is 4.14. The quantitative estimate of drug-likeness (QED) is 0.683. The van der Waals surface area contributed by atoms with Crippen LogP contribution in [0.15, 0.2) is 47.8 Å². The van der Waals surface area contributed by atoms with E-state index in [9.17, 15) is 4.79 Å². The zero-order valence-electron chi connectivity index (χ0n) is 11.3. The Hall–Kier alpha value is -2.69. The summed E-state index contributed by atoms with van der Waals surface area (Å²) in [5.41, 5.74) is 4.64. The maximum absolute atomic E-state index is 12.0. The Bertz CT molecular complexity index is 624. The summed E-state index contributed by atoms with van der Waals surface area (Å²) in [5.74, 6) is 0.243. The highest BCUT2D eigenvalue weighted by Gasteiger charge is 2.12. The summed E-state index contributed by atoms with van der Waals surface area (Å²) >= 11 is 0. The molecule has 5 heteroatoms. The number of hydrogen-bond acceptors (Lipinski definition) is 4. The molecular formula is C15H15N3O2. The van der Waals surface area contributed by atoms with Crippen molar-refractivity contribution in [2.75, 3.05) is 7.11 Å². The minimum Gasteiger partial charge on any atom is -0.496 e. The van der Waals surface area contributed by atoms with Crippen molar-refractivity contribution >= 4 is 12.1 Å². The Morgan fingerprint density at radius 2 is 2.20 bits per heavy atom. The lowest BCUT2D eigenvalue weighted by Crippen LogP contribution is -2.18. The van der Waals surface area contributed by atoms with E-state index in [1.165, 1.54) is 13.3 Å². The predicted octanol–water partition coefficient (Wildman–Crippen LogP) is 2.16. The minimum atomic E-state index is -0.314. The van der Waals surface area contributed by atoms with Crippen molar-refractivity contribution in [1.29, 1.82) is 0 Å². The van der Waals surface area contributed by atoms with Crippen LogP contribution < -0.4 is 10.2 Å². The van der Waals surface area contributed by atoms with E-state index in [-0.39, 0.29) is 5.91 Å². The first-order valence-corrected chi connectivity index (χ1v) is 6.09. The molecule has 20 heavy (non-hydrogen) atoms. The van der Waals surface area contributed by atoms with Gasteiger partial charge in [0, 0.05) is 18.0 Å². The van der Waals surface area contributed by atoms with Crippen LogP contribution in [0.4, 0.5) is 0 Å². The smallest absolute Gasteiger partial charge is 0.275 e. The van der Waals surface area contributed by atoms with Gasteiger partial charge in [0.2, 0.25) is 0 Å². The maximum atomic E-state index is 12.0. The molecule has 2 aromatic rings. The van der Waals surface area contributed by atoms with Crippen LogP contribution in [-0.4, -0.2) is 24.2 Å². The van der Waals surface area contributed by atoms with Crippen LogP contribution in [0.2, 0.25) is 0 Å². The van der Waals surface area contributed by atoms with Gasteiger partial charge in [-0.05, 0) is 24.6 Å². The Kier molecular flexibility index (Phi) is 4.44. The molecule has 1 N–H and O–H groups in total. The van der Waals surface area contributed by atoms with Crippen molar-refractivity contribution < 1.29 is 9.53 Å². The summed E-state index contributed by atoms with van der Waals surface area (Å²) < 4.78 is 5.24. The Labute approximate surface area is 117 Å². The largest absolute Gasteiger partial charge is 0.496 e. The van der Waals surface area contributed by atoms with Gasteiger partial charge < -0.3 is 4.74 Å². The van der Waals surface area contributed by atoms with Crippen molar-refractivity contribution in [3.05, 3.63) is 59.4 Å². The van der Waals surface area contributed by atoms with Crippen molar-refractivity contribution in [2.45, 2.75) is 6.92 Å². The Morgan fingerprint density at radius 1 is 1.35 bits per heavy atom. The number of ether oxygens (including phenoxy) is 1. The van der Waals surface area contributed by atoms with Crippen molar-refractivity contribution in [2.24, 2.45) is 5.10 Å². The number of aryl methyl sites for hydroxylation is 1. The highest BCUT2D eigenvalue weighted by atomic mass is 16.5. The van der Waals surface area contributed by atoms with Gasteiger partial charge in [0.25, 0.3) is 5.91 Å². The zero-order valence-corrected chi connectivity index (χ0v) is 11.3. The van der Waals surface area contributed by atoms with E-state index in [0.29, 0.717) is 11.3 Å². The number of hydrogen-bond donors (Lipinski definition) is 1. The van der Waals surface area contributed by atoms with Crippen molar-refractivity contribution in [3.8, 4) is 5.75 Å². The molecule has 1 heterocycles. The third-order valence-electron chi connectivity index (χ3n) is 2.72. The number of hydrazone groups is 1. The molecule has 0 atom stereocenters. The molecule has 0 fully saturated rings. The first-order chi connectivity index (χ1) is 9.72. The number of benzene rings is 1. The van der Waals surface area contributed by atoms with Crippen LogP contribution >= 0.6 is 0 Å². The fraction of sp³-hybridized carbons (Fsp3) is 0.133. The first-order valence-electron chi connectivity index (χ1n) is 6.09. The van der Waals surface area contributed by atoms with E-state index in [1.807, 2.05) is 19.1 Å². The van der Waals surface area contributed by atoms with Crippen LogP contribution in [0.1, 0.15) is 21.5 Å². The molecular weight excluding hydrogens is 254 g/mol. The number of amides is 1. The molecule has 5 nitrogen and oxygen atoms in total. The van der Waals surface area contributed by atoms with Gasteiger partial charge in [-0.3, -0.25) is 9.78 Å². The molecule has 0 radical (unpaired) electrons. The molecule has 1 aromatic heterocycles. The number of nitrogens with zero attached hydrogens (tertiary/aromatic N) is 2. The number of nitrogens with one attached hydrogen (secondary N) is 1. The monoisotopic (exact) mass is 269 g/mol. The molecule has 0 spiro atoms. The van der Waals surface area contributed by atoms with E-state index in [0.717, 1.165) is 11.1 Å². The average Bonchev–Trinajstić information content (AvgIpc) is 2.48. The van der Waals surface area contributed by atoms with Gasteiger partial charge in [-0.25, -0.2) is 5.43 Å². The highest BCUT2D eigenvalue weighted by molar-refractivity contribution is 5.97. The van der Waals surface area contributed by atoms with Gasteiger partial charge in [0.05, 0.1) is 18.9 Å².